The van der Waals surface area contributed by atoms with Crippen LogP contribution in [0.2, 0.25) is 0 Å². The van der Waals surface area contributed by atoms with Gasteiger partial charge in [0.2, 0.25) is 15.4 Å². The molecular formula is C7H10N4O3S2. The Morgan fingerprint density at radius 1 is 1.56 bits per heavy atom. The molecule has 1 aromatic heterocycles. The van der Waals surface area contributed by atoms with Gasteiger partial charge in [0.05, 0.1) is 0 Å². The highest BCUT2D eigenvalue weighted by Crippen LogP contribution is 2.19. The van der Waals surface area contributed by atoms with Gasteiger partial charge in [0.1, 0.15) is 0 Å². The average molecular weight is 262 g/mol. The van der Waals surface area contributed by atoms with E-state index in [1.807, 2.05) is 0 Å². The van der Waals surface area contributed by atoms with Crippen molar-refractivity contribution < 1.29 is 13.2 Å². The Morgan fingerprint density at radius 3 is 2.81 bits per heavy atom. The molecule has 0 aliphatic heterocycles. The van der Waals surface area contributed by atoms with Crippen LogP contribution in [0.1, 0.15) is 6.92 Å². The van der Waals surface area contributed by atoms with Gasteiger partial charge in [-0.05, 0) is 0 Å². The van der Waals surface area contributed by atoms with Gasteiger partial charge in [0.25, 0.3) is 10.0 Å². The van der Waals surface area contributed by atoms with Crippen LogP contribution in [0.3, 0.4) is 0 Å². The minimum Gasteiger partial charge on any atom is -0.301 e. The average Bonchev–Trinajstić information content (AvgIpc) is 2.63. The van der Waals surface area contributed by atoms with Gasteiger partial charge in [0, 0.05) is 13.5 Å². The van der Waals surface area contributed by atoms with Crippen molar-refractivity contribution in [2.24, 2.45) is 0 Å². The number of amides is 1. The molecule has 88 valence electrons. The SMILES string of the molecule is C=CCNS(=O)(=O)c1nnc(NC(C)=O)s1. The Hall–Kier alpha value is -1.32. The summed E-state index contributed by atoms with van der Waals surface area (Å²) in [5, 5.41) is 9.48. The zero-order chi connectivity index (χ0) is 12.2. The van der Waals surface area contributed by atoms with E-state index in [1.54, 1.807) is 0 Å². The molecule has 0 spiro atoms. The Morgan fingerprint density at radius 2 is 2.25 bits per heavy atom. The molecule has 1 amide bonds. The van der Waals surface area contributed by atoms with Crippen LogP contribution in [0.5, 0.6) is 0 Å². The van der Waals surface area contributed by atoms with E-state index >= 15 is 0 Å². The van der Waals surface area contributed by atoms with Crippen molar-refractivity contribution in [3.8, 4) is 0 Å². The molecular weight excluding hydrogens is 252 g/mol. The highest BCUT2D eigenvalue weighted by molar-refractivity contribution is 7.91. The molecule has 1 heterocycles. The number of anilines is 1. The maximum absolute atomic E-state index is 11.5. The minimum absolute atomic E-state index is 0.109. The standard InChI is InChI=1S/C7H10N4O3S2/c1-3-4-8-16(13,14)7-11-10-6(15-7)9-5(2)12/h3,8H,1,4H2,2H3,(H,9,10,12). The number of carbonyl (C=O) groups is 1. The number of nitrogens with one attached hydrogen (secondary N) is 2. The maximum Gasteiger partial charge on any atom is 0.270 e. The van der Waals surface area contributed by atoms with Gasteiger partial charge < -0.3 is 5.32 Å². The van der Waals surface area contributed by atoms with Crippen LogP contribution >= 0.6 is 11.3 Å². The van der Waals surface area contributed by atoms with Crippen molar-refractivity contribution in [1.29, 1.82) is 0 Å². The van der Waals surface area contributed by atoms with Gasteiger partial charge in [-0.15, -0.1) is 16.8 Å². The van der Waals surface area contributed by atoms with E-state index in [0.29, 0.717) is 0 Å². The molecule has 0 unspecified atom stereocenters. The van der Waals surface area contributed by atoms with E-state index in [9.17, 15) is 13.2 Å². The summed E-state index contributed by atoms with van der Waals surface area (Å²) in [5.74, 6) is -0.334. The summed E-state index contributed by atoms with van der Waals surface area (Å²) >= 11 is 0.780. The van der Waals surface area contributed by atoms with E-state index in [4.69, 9.17) is 0 Å². The Bertz CT molecular complexity index is 493. The molecule has 0 aromatic carbocycles. The van der Waals surface area contributed by atoms with Gasteiger partial charge in [-0.2, -0.15) is 0 Å². The summed E-state index contributed by atoms with van der Waals surface area (Å²) in [5.41, 5.74) is 0. The number of aromatic nitrogens is 2. The van der Waals surface area contributed by atoms with Gasteiger partial charge >= 0.3 is 0 Å². The molecule has 0 fully saturated rings. The number of hydrogen-bond acceptors (Lipinski definition) is 6. The molecule has 0 saturated carbocycles. The summed E-state index contributed by atoms with van der Waals surface area (Å²) in [6.07, 6.45) is 1.41. The highest BCUT2D eigenvalue weighted by Gasteiger charge is 2.19. The van der Waals surface area contributed by atoms with Crippen LogP contribution in [0.25, 0.3) is 0 Å². The smallest absolute Gasteiger partial charge is 0.270 e. The van der Waals surface area contributed by atoms with Crippen LogP contribution in [0, 0.1) is 0 Å². The van der Waals surface area contributed by atoms with Gasteiger partial charge in [-0.25, -0.2) is 13.1 Å². The van der Waals surface area contributed by atoms with E-state index in [1.165, 1.54) is 13.0 Å². The lowest BCUT2D eigenvalue weighted by atomic mass is 10.7. The molecule has 0 radical (unpaired) electrons. The fourth-order valence-corrected chi connectivity index (χ4v) is 2.73. The van der Waals surface area contributed by atoms with Gasteiger partial charge in [-0.3, -0.25) is 4.79 Å². The Kier molecular flexibility index (Phi) is 4.10. The zero-order valence-electron chi connectivity index (χ0n) is 8.43. The van der Waals surface area contributed by atoms with E-state index in [2.05, 4.69) is 26.8 Å². The third kappa shape index (κ3) is 3.36. The molecule has 0 aliphatic carbocycles. The summed E-state index contributed by atoms with van der Waals surface area (Å²) in [6.45, 7) is 4.79. The number of carbonyl (C=O) groups excluding carboxylic acids is 1. The molecule has 1 rings (SSSR count). The van der Waals surface area contributed by atoms with Crippen molar-refractivity contribution in [1.82, 2.24) is 14.9 Å². The van der Waals surface area contributed by atoms with Crippen molar-refractivity contribution in [2.75, 3.05) is 11.9 Å². The molecule has 1 aromatic rings. The molecule has 0 aliphatic rings. The molecule has 0 saturated heterocycles. The predicted molar refractivity (Wildman–Crippen MR) is 59.6 cm³/mol. The first kappa shape index (κ1) is 12.7. The number of nitrogens with zero attached hydrogens (tertiary/aromatic N) is 2. The van der Waals surface area contributed by atoms with Crippen molar-refractivity contribution >= 4 is 32.4 Å². The summed E-state index contributed by atoms with van der Waals surface area (Å²) in [4.78, 5) is 10.7. The van der Waals surface area contributed by atoms with Crippen LogP contribution in [0.4, 0.5) is 5.13 Å². The molecule has 7 nitrogen and oxygen atoms in total. The third-order valence-electron chi connectivity index (χ3n) is 1.34. The molecule has 0 bridgehead atoms. The lowest BCUT2D eigenvalue weighted by Crippen LogP contribution is -2.23. The number of rotatable bonds is 5. The summed E-state index contributed by atoms with van der Waals surface area (Å²) < 4.78 is 25.1. The first-order valence-corrected chi connectivity index (χ1v) is 6.47. The van der Waals surface area contributed by atoms with E-state index < -0.39 is 10.0 Å². The quantitative estimate of drug-likeness (QED) is 0.573. The van der Waals surface area contributed by atoms with E-state index in [0.717, 1.165) is 11.3 Å². The Labute approximate surface area is 96.6 Å². The van der Waals surface area contributed by atoms with Crippen LogP contribution < -0.4 is 10.0 Å². The topological polar surface area (TPSA) is 101 Å². The van der Waals surface area contributed by atoms with Crippen molar-refractivity contribution in [2.45, 2.75) is 11.3 Å². The fourth-order valence-electron chi connectivity index (χ4n) is 0.750. The second kappa shape index (κ2) is 5.14. The molecule has 16 heavy (non-hydrogen) atoms. The first-order valence-electron chi connectivity index (χ1n) is 4.17. The fraction of sp³-hybridized carbons (Fsp3) is 0.286. The van der Waals surface area contributed by atoms with E-state index in [-0.39, 0.29) is 21.9 Å². The molecule has 0 atom stereocenters. The minimum atomic E-state index is -3.67. The van der Waals surface area contributed by atoms with Crippen LogP contribution in [0.15, 0.2) is 17.0 Å². The van der Waals surface area contributed by atoms with Crippen LogP contribution in [-0.2, 0) is 14.8 Å². The van der Waals surface area contributed by atoms with Crippen molar-refractivity contribution in [3.63, 3.8) is 0 Å². The highest BCUT2D eigenvalue weighted by atomic mass is 32.2. The largest absolute Gasteiger partial charge is 0.301 e. The lowest BCUT2D eigenvalue weighted by molar-refractivity contribution is -0.114. The Balaban J connectivity index is 2.84. The first-order chi connectivity index (χ1) is 7.45. The summed E-state index contributed by atoms with van der Waals surface area (Å²) in [7, 11) is -3.67. The second-order valence-corrected chi connectivity index (χ2v) is 5.61. The second-order valence-electron chi connectivity index (χ2n) is 2.69. The monoisotopic (exact) mass is 262 g/mol. The lowest BCUT2D eigenvalue weighted by Gasteiger charge is -1.98. The summed E-state index contributed by atoms with van der Waals surface area (Å²) in [6, 6.07) is 0. The predicted octanol–water partition coefficient (Wildman–Crippen LogP) is -0.0392. The number of hydrogen-bond donors (Lipinski definition) is 2. The van der Waals surface area contributed by atoms with Gasteiger partial charge in [0.15, 0.2) is 0 Å². The zero-order valence-corrected chi connectivity index (χ0v) is 10.1. The van der Waals surface area contributed by atoms with Crippen molar-refractivity contribution in [3.05, 3.63) is 12.7 Å². The third-order valence-corrected chi connectivity index (χ3v) is 3.97. The molecule has 2 N–H and O–H groups in total. The normalized spacial score (nSPS) is 11.1. The molecule has 9 heteroatoms. The maximum atomic E-state index is 11.5. The van der Waals surface area contributed by atoms with Crippen LogP contribution in [-0.4, -0.2) is 31.1 Å². The van der Waals surface area contributed by atoms with Gasteiger partial charge in [-0.1, -0.05) is 17.4 Å². The number of sulfonamides is 1.